The van der Waals surface area contributed by atoms with E-state index in [-0.39, 0.29) is 12.1 Å². The SMILES string of the molecule is CC1(C)CCCC(NC2CCCCC2C(F)(F)F)CC1. The lowest BCUT2D eigenvalue weighted by molar-refractivity contribution is -0.189. The van der Waals surface area contributed by atoms with Gasteiger partial charge >= 0.3 is 6.18 Å². The molecule has 0 bridgehead atoms. The highest BCUT2D eigenvalue weighted by Crippen LogP contribution is 2.39. The fourth-order valence-electron chi connectivity index (χ4n) is 3.85. The summed E-state index contributed by atoms with van der Waals surface area (Å²) in [5.41, 5.74) is 0.354. The molecule has 2 fully saturated rings. The van der Waals surface area contributed by atoms with Crippen molar-refractivity contribution in [1.29, 1.82) is 0 Å². The zero-order valence-corrected chi connectivity index (χ0v) is 12.7. The van der Waals surface area contributed by atoms with Gasteiger partial charge in [-0.25, -0.2) is 0 Å². The third-order valence-electron chi connectivity index (χ3n) is 5.21. The van der Waals surface area contributed by atoms with Crippen LogP contribution < -0.4 is 5.32 Å². The molecule has 3 unspecified atom stereocenters. The summed E-state index contributed by atoms with van der Waals surface area (Å²) in [6.07, 6.45) is 4.10. The summed E-state index contributed by atoms with van der Waals surface area (Å²) in [6.45, 7) is 4.54. The highest BCUT2D eigenvalue weighted by atomic mass is 19.4. The van der Waals surface area contributed by atoms with Gasteiger partial charge in [0.25, 0.3) is 0 Å². The largest absolute Gasteiger partial charge is 0.393 e. The molecule has 0 aromatic rings. The fourth-order valence-corrected chi connectivity index (χ4v) is 3.85. The summed E-state index contributed by atoms with van der Waals surface area (Å²) in [6, 6.07) is -0.0697. The Bertz CT molecular complexity index is 311. The lowest BCUT2D eigenvalue weighted by Crippen LogP contribution is -2.49. The van der Waals surface area contributed by atoms with Gasteiger partial charge < -0.3 is 5.32 Å². The van der Waals surface area contributed by atoms with E-state index in [1.54, 1.807) is 0 Å². The van der Waals surface area contributed by atoms with Gasteiger partial charge in [-0.1, -0.05) is 33.1 Å². The molecule has 2 rings (SSSR count). The second kappa shape index (κ2) is 6.25. The molecule has 0 saturated heterocycles. The van der Waals surface area contributed by atoms with Gasteiger partial charge in [0, 0.05) is 12.1 Å². The zero-order chi connectivity index (χ0) is 14.8. The van der Waals surface area contributed by atoms with E-state index in [1.165, 1.54) is 6.42 Å². The van der Waals surface area contributed by atoms with Gasteiger partial charge in [-0.05, 0) is 43.9 Å². The summed E-state index contributed by atoms with van der Waals surface area (Å²) in [4.78, 5) is 0. The Morgan fingerprint density at radius 3 is 2.30 bits per heavy atom. The van der Waals surface area contributed by atoms with Crippen molar-refractivity contribution in [3.8, 4) is 0 Å². The molecule has 4 heteroatoms. The number of rotatable bonds is 2. The lowest BCUT2D eigenvalue weighted by atomic mass is 9.83. The van der Waals surface area contributed by atoms with Crippen LogP contribution in [0.1, 0.15) is 71.6 Å². The lowest BCUT2D eigenvalue weighted by Gasteiger charge is -2.36. The minimum absolute atomic E-state index is 0.282. The van der Waals surface area contributed by atoms with E-state index < -0.39 is 12.1 Å². The topological polar surface area (TPSA) is 12.0 Å². The Kier molecular flexibility index (Phi) is 5.04. The molecule has 0 amide bonds. The molecule has 3 atom stereocenters. The van der Waals surface area contributed by atoms with Crippen molar-refractivity contribution >= 4 is 0 Å². The molecule has 2 saturated carbocycles. The van der Waals surface area contributed by atoms with E-state index in [4.69, 9.17) is 0 Å². The molecular weight excluding hydrogens is 263 g/mol. The summed E-state index contributed by atoms with van der Waals surface area (Å²) >= 11 is 0. The highest BCUT2D eigenvalue weighted by molar-refractivity contribution is 4.89. The van der Waals surface area contributed by atoms with E-state index in [0.717, 1.165) is 38.5 Å². The minimum Gasteiger partial charge on any atom is -0.311 e. The maximum Gasteiger partial charge on any atom is 0.393 e. The van der Waals surface area contributed by atoms with Crippen molar-refractivity contribution in [2.75, 3.05) is 0 Å². The van der Waals surface area contributed by atoms with Crippen molar-refractivity contribution in [2.24, 2.45) is 11.3 Å². The van der Waals surface area contributed by atoms with E-state index in [0.29, 0.717) is 18.3 Å². The molecular formula is C16H28F3N. The average molecular weight is 291 g/mol. The predicted octanol–water partition coefficient (Wildman–Crippen LogP) is 5.06. The minimum atomic E-state index is -4.04. The molecule has 2 aliphatic rings. The zero-order valence-electron chi connectivity index (χ0n) is 12.7. The Hall–Kier alpha value is -0.250. The number of hydrogen-bond donors (Lipinski definition) is 1. The van der Waals surface area contributed by atoms with E-state index in [1.807, 2.05) is 0 Å². The van der Waals surface area contributed by atoms with Crippen LogP contribution in [0, 0.1) is 11.3 Å². The quantitative estimate of drug-likeness (QED) is 0.701. The van der Waals surface area contributed by atoms with Crippen LogP contribution in [0.2, 0.25) is 0 Å². The first-order valence-corrected chi connectivity index (χ1v) is 8.11. The first kappa shape index (κ1) is 16.1. The van der Waals surface area contributed by atoms with Crippen LogP contribution in [0.15, 0.2) is 0 Å². The van der Waals surface area contributed by atoms with Gasteiger partial charge in [0.05, 0.1) is 5.92 Å². The molecule has 0 radical (unpaired) electrons. The molecule has 0 aromatic heterocycles. The van der Waals surface area contributed by atoms with Crippen LogP contribution in [-0.4, -0.2) is 18.3 Å². The van der Waals surface area contributed by atoms with Crippen molar-refractivity contribution in [3.63, 3.8) is 0 Å². The monoisotopic (exact) mass is 291 g/mol. The van der Waals surface area contributed by atoms with Crippen LogP contribution in [-0.2, 0) is 0 Å². The molecule has 0 heterocycles. The molecule has 1 N–H and O–H groups in total. The van der Waals surface area contributed by atoms with Crippen molar-refractivity contribution in [3.05, 3.63) is 0 Å². The maximum absolute atomic E-state index is 13.1. The molecule has 1 nitrogen and oxygen atoms in total. The number of hydrogen-bond acceptors (Lipinski definition) is 1. The highest BCUT2D eigenvalue weighted by Gasteiger charge is 2.45. The number of nitrogens with one attached hydrogen (secondary N) is 1. The number of alkyl halides is 3. The molecule has 0 aliphatic heterocycles. The summed E-state index contributed by atoms with van der Waals surface area (Å²) in [5.74, 6) is -1.13. The van der Waals surface area contributed by atoms with Gasteiger partial charge in [-0.3, -0.25) is 0 Å². The molecule has 0 spiro atoms. The summed E-state index contributed by atoms with van der Waals surface area (Å²) < 4.78 is 39.3. The van der Waals surface area contributed by atoms with Gasteiger partial charge in [0.2, 0.25) is 0 Å². The van der Waals surface area contributed by atoms with Gasteiger partial charge in [0.1, 0.15) is 0 Å². The third-order valence-corrected chi connectivity index (χ3v) is 5.21. The Labute approximate surface area is 120 Å². The van der Waals surface area contributed by atoms with Crippen molar-refractivity contribution in [1.82, 2.24) is 5.32 Å². The van der Waals surface area contributed by atoms with Gasteiger partial charge in [-0.2, -0.15) is 13.2 Å². The van der Waals surface area contributed by atoms with Crippen LogP contribution >= 0.6 is 0 Å². The van der Waals surface area contributed by atoms with Crippen LogP contribution in [0.25, 0.3) is 0 Å². The van der Waals surface area contributed by atoms with Crippen LogP contribution in [0.4, 0.5) is 13.2 Å². The first-order chi connectivity index (χ1) is 9.28. The van der Waals surface area contributed by atoms with Gasteiger partial charge in [-0.15, -0.1) is 0 Å². The normalized spacial score (nSPS) is 35.5. The third kappa shape index (κ3) is 4.37. The Balaban J connectivity index is 1.93. The van der Waals surface area contributed by atoms with Crippen LogP contribution in [0.5, 0.6) is 0 Å². The van der Waals surface area contributed by atoms with E-state index in [2.05, 4.69) is 19.2 Å². The molecule has 20 heavy (non-hydrogen) atoms. The maximum atomic E-state index is 13.1. The fraction of sp³-hybridized carbons (Fsp3) is 1.00. The van der Waals surface area contributed by atoms with Crippen LogP contribution in [0.3, 0.4) is 0 Å². The summed E-state index contributed by atoms with van der Waals surface area (Å²) in [5, 5.41) is 3.37. The smallest absolute Gasteiger partial charge is 0.311 e. The second-order valence-electron chi connectivity index (χ2n) is 7.50. The number of halogens is 3. The van der Waals surface area contributed by atoms with E-state index in [9.17, 15) is 13.2 Å². The predicted molar refractivity (Wildman–Crippen MR) is 75.6 cm³/mol. The average Bonchev–Trinajstić information content (AvgIpc) is 2.50. The van der Waals surface area contributed by atoms with Crippen molar-refractivity contribution < 1.29 is 13.2 Å². The molecule has 2 aliphatic carbocycles. The summed E-state index contributed by atoms with van der Waals surface area (Å²) in [7, 11) is 0. The standard InChI is InChI=1S/C16H28F3N/c1-15(2)10-5-6-12(9-11-15)20-14-8-4-3-7-13(14)16(17,18)19/h12-14,20H,3-11H2,1-2H3. The first-order valence-electron chi connectivity index (χ1n) is 8.11. The molecule has 0 aromatic carbocycles. The van der Waals surface area contributed by atoms with E-state index >= 15 is 0 Å². The second-order valence-corrected chi connectivity index (χ2v) is 7.50. The Morgan fingerprint density at radius 2 is 1.60 bits per heavy atom. The molecule has 118 valence electrons. The van der Waals surface area contributed by atoms with Gasteiger partial charge in [0.15, 0.2) is 0 Å². The Morgan fingerprint density at radius 1 is 0.900 bits per heavy atom. The van der Waals surface area contributed by atoms with Crippen molar-refractivity contribution in [2.45, 2.75) is 89.9 Å².